The Balaban J connectivity index is 1.84. The predicted molar refractivity (Wildman–Crippen MR) is 68.4 cm³/mol. The maximum Gasteiger partial charge on any atom is 0.229 e. The molecule has 2 heterocycles. The standard InChI is InChI=1S/C12H15N3O2S/c13-11(17)7-5-10(16)15(6-7)12-14-8-3-1-2-4-9(8)18-12/h7H,1-6H2,(H2,13,17). The van der Waals surface area contributed by atoms with Gasteiger partial charge in [-0.05, 0) is 25.7 Å². The molecule has 1 aromatic heterocycles. The molecule has 0 aromatic carbocycles. The van der Waals surface area contributed by atoms with Crippen LogP contribution in [0.4, 0.5) is 5.13 Å². The summed E-state index contributed by atoms with van der Waals surface area (Å²) < 4.78 is 0. The van der Waals surface area contributed by atoms with E-state index in [0.717, 1.165) is 23.7 Å². The Morgan fingerprint density at radius 3 is 2.83 bits per heavy atom. The lowest BCUT2D eigenvalue weighted by molar-refractivity contribution is -0.123. The molecule has 18 heavy (non-hydrogen) atoms. The fourth-order valence-corrected chi connectivity index (χ4v) is 3.71. The number of hydrogen-bond donors (Lipinski definition) is 1. The molecule has 3 rings (SSSR count). The lowest BCUT2D eigenvalue weighted by Crippen LogP contribution is -2.28. The van der Waals surface area contributed by atoms with Crippen molar-refractivity contribution in [2.24, 2.45) is 11.7 Å². The second-order valence-electron chi connectivity index (χ2n) is 4.88. The predicted octanol–water partition coefficient (Wildman–Crippen LogP) is 0.860. The minimum absolute atomic E-state index is 0.0371. The normalized spacial score (nSPS) is 23.2. The molecule has 0 spiro atoms. The summed E-state index contributed by atoms with van der Waals surface area (Å²) in [5.41, 5.74) is 6.40. The number of amides is 2. The first-order valence-corrected chi connectivity index (χ1v) is 7.05. The number of thiazole rings is 1. The average Bonchev–Trinajstić information content (AvgIpc) is 2.91. The molecule has 1 saturated heterocycles. The first-order valence-electron chi connectivity index (χ1n) is 6.23. The molecule has 2 N–H and O–H groups in total. The maximum absolute atomic E-state index is 11.9. The number of primary amides is 1. The number of nitrogens with zero attached hydrogens (tertiary/aromatic N) is 2. The monoisotopic (exact) mass is 265 g/mol. The Morgan fingerprint density at radius 1 is 1.39 bits per heavy atom. The number of carbonyl (C=O) groups excluding carboxylic acids is 2. The van der Waals surface area contributed by atoms with Crippen molar-refractivity contribution in [2.75, 3.05) is 11.4 Å². The van der Waals surface area contributed by atoms with Crippen LogP contribution in [-0.2, 0) is 22.4 Å². The molecule has 1 atom stereocenters. The van der Waals surface area contributed by atoms with E-state index in [0.29, 0.717) is 6.54 Å². The molecular formula is C12H15N3O2S. The van der Waals surface area contributed by atoms with Crippen molar-refractivity contribution in [3.05, 3.63) is 10.6 Å². The van der Waals surface area contributed by atoms with Crippen LogP contribution in [0.5, 0.6) is 0 Å². The Labute approximate surface area is 109 Å². The molecule has 2 aliphatic rings. The molecule has 5 nitrogen and oxygen atoms in total. The van der Waals surface area contributed by atoms with E-state index >= 15 is 0 Å². The average molecular weight is 265 g/mol. The van der Waals surface area contributed by atoms with Crippen LogP contribution in [0.2, 0.25) is 0 Å². The van der Waals surface area contributed by atoms with Gasteiger partial charge in [-0.1, -0.05) is 0 Å². The van der Waals surface area contributed by atoms with Gasteiger partial charge in [0.05, 0.1) is 11.6 Å². The first-order chi connectivity index (χ1) is 8.65. The number of nitrogens with two attached hydrogens (primary N) is 1. The van der Waals surface area contributed by atoms with Gasteiger partial charge < -0.3 is 5.73 Å². The van der Waals surface area contributed by atoms with Crippen molar-refractivity contribution < 1.29 is 9.59 Å². The highest BCUT2D eigenvalue weighted by atomic mass is 32.1. The van der Waals surface area contributed by atoms with Crippen LogP contribution < -0.4 is 10.6 Å². The summed E-state index contributed by atoms with van der Waals surface area (Å²) >= 11 is 1.59. The summed E-state index contributed by atoms with van der Waals surface area (Å²) in [6, 6.07) is 0. The van der Waals surface area contributed by atoms with Gasteiger partial charge in [0.2, 0.25) is 11.8 Å². The largest absolute Gasteiger partial charge is 0.369 e. The van der Waals surface area contributed by atoms with Crippen LogP contribution in [-0.4, -0.2) is 23.3 Å². The van der Waals surface area contributed by atoms with Crippen molar-refractivity contribution in [3.63, 3.8) is 0 Å². The second kappa shape index (κ2) is 4.35. The SMILES string of the molecule is NC(=O)C1CC(=O)N(c2nc3c(s2)CCCC3)C1. The van der Waals surface area contributed by atoms with Gasteiger partial charge in [0.15, 0.2) is 5.13 Å². The van der Waals surface area contributed by atoms with Crippen molar-refractivity contribution in [1.29, 1.82) is 0 Å². The highest BCUT2D eigenvalue weighted by molar-refractivity contribution is 7.16. The van der Waals surface area contributed by atoms with Gasteiger partial charge in [0.1, 0.15) is 0 Å². The molecule has 1 unspecified atom stereocenters. The van der Waals surface area contributed by atoms with Crippen LogP contribution in [0.25, 0.3) is 0 Å². The molecular weight excluding hydrogens is 250 g/mol. The van der Waals surface area contributed by atoms with Crippen LogP contribution in [0.3, 0.4) is 0 Å². The van der Waals surface area contributed by atoms with Gasteiger partial charge in [-0.25, -0.2) is 4.98 Å². The Morgan fingerprint density at radius 2 is 2.17 bits per heavy atom. The number of aryl methyl sites for hydroxylation is 2. The van der Waals surface area contributed by atoms with E-state index in [1.54, 1.807) is 16.2 Å². The van der Waals surface area contributed by atoms with E-state index in [2.05, 4.69) is 4.98 Å². The van der Waals surface area contributed by atoms with Crippen molar-refractivity contribution in [3.8, 4) is 0 Å². The number of aromatic nitrogens is 1. The highest BCUT2D eigenvalue weighted by Gasteiger charge is 2.35. The van der Waals surface area contributed by atoms with E-state index in [1.807, 2.05) is 0 Å². The topological polar surface area (TPSA) is 76.3 Å². The molecule has 2 amide bonds. The summed E-state index contributed by atoms with van der Waals surface area (Å²) in [6.07, 6.45) is 4.67. The molecule has 6 heteroatoms. The summed E-state index contributed by atoms with van der Waals surface area (Å²) in [5, 5.41) is 0.746. The Hall–Kier alpha value is -1.43. The summed E-state index contributed by atoms with van der Waals surface area (Å²) in [7, 11) is 0. The molecule has 96 valence electrons. The lowest BCUT2D eigenvalue weighted by atomic mass is 10.0. The van der Waals surface area contributed by atoms with Crippen LogP contribution in [0.1, 0.15) is 29.8 Å². The fraction of sp³-hybridized carbons (Fsp3) is 0.583. The molecule has 0 saturated carbocycles. The lowest BCUT2D eigenvalue weighted by Gasteiger charge is -2.11. The summed E-state index contributed by atoms with van der Waals surface area (Å²) in [4.78, 5) is 30.5. The third-order valence-corrected chi connectivity index (χ3v) is 4.77. The third-order valence-electron chi connectivity index (χ3n) is 3.59. The van der Waals surface area contributed by atoms with E-state index in [-0.39, 0.29) is 18.2 Å². The molecule has 1 aromatic rings. The summed E-state index contributed by atoms with van der Waals surface area (Å²) in [6.45, 7) is 0.389. The quantitative estimate of drug-likeness (QED) is 0.861. The number of rotatable bonds is 2. The van der Waals surface area contributed by atoms with Crippen LogP contribution >= 0.6 is 11.3 Å². The fourth-order valence-electron chi connectivity index (χ4n) is 2.54. The minimum Gasteiger partial charge on any atom is -0.369 e. The summed E-state index contributed by atoms with van der Waals surface area (Å²) in [5.74, 6) is -0.796. The van der Waals surface area contributed by atoms with Gasteiger partial charge in [-0.15, -0.1) is 11.3 Å². The number of anilines is 1. The second-order valence-corrected chi connectivity index (χ2v) is 5.94. The Bertz CT molecular complexity index is 488. The number of carbonyl (C=O) groups is 2. The van der Waals surface area contributed by atoms with Crippen molar-refractivity contribution in [1.82, 2.24) is 4.98 Å². The van der Waals surface area contributed by atoms with Gasteiger partial charge in [0, 0.05) is 17.8 Å². The van der Waals surface area contributed by atoms with Crippen molar-refractivity contribution >= 4 is 28.3 Å². The zero-order valence-electron chi connectivity index (χ0n) is 10.0. The van der Waals surface area contributed by atoms with E-state index in [1.165, 1.54) is 17.7 Å². The van der Waals surface area contributed by atoms with E-state index in [4.69, 9.17) is 5.73 Å². The molecule has 1 aliphatic carbocycles. The van der Waals surface area contributed by atoms with E-state index < -0.39 is 5.91 Å². The maximum atomic E-state index is 11.9. The number of hydrogen-bond acceptors (Lipinski definition) is 4. The van der Waals surface area contributed by atoms with E-state index in [9.17, 15) is 9.59 Å². The number of fused-ring (bicyclic) bond motifs is 1. The van der Waals surface area contributed by atoms with Gasteiger partial charge in [-0.2, -0.15) is 0 Å². The molecule has 1 aliphatic heterocycles. The van der Waals surface area contributed by atoms with Gasteiger partial charge >= 0.3 is 0 Å². The van der Waals surface area contributed by atoms with Gasteiger partial charge in [0.25, 0.3) is 0 Å². The third kappa shape index (κ3) is 1.90. The Kier molecular flexibility index (Phi) is 2.81. The zero-order valence-corrected chi connectivity index (χ0v) is 10.8. The van der Waals surface area contributed by atoms with Crippen LogP contribution in [0.15, 0.2) is 0 Å². The first kappa shape index (κ1) is 11.6. The molecule has 0 bridgehead atoms. The smallest absolute Gasteiger partial charge is 0.229 e. The van der Waals surface area contributed by atoms with Crippen molar-refractivity contribution in [2.45, 2.75) is 32.1 Å². The molecule has 0 radical (unpaired) electrons. The molecule has 1 fully saturated rings. The van der Waals surface area contributed by atoms with Crippen LogP contribution in [0, 0.1) is 5.92 Å². The van der Waals surface area contributed by atoms with Gasteiger partial charge in [-0.3, -0.25) is 14.5 Å². The highest BCUT2D eigenvalue weighted by Crippen LogP contribution is 2.34. The minimum atomic E-state index is -0.396. The zero-order chi connectivity index (χ0) is 12.7.